The highest BCUT2D eigenvalue weighted by atomic mass is 15.0. The van der Waals surface area contributed by atoms with Crippen molar-refractivity contribution in [2.45, 2.75) is 0 Å². The molecular formula is C50H29N5. The van der Waals surface area contributed by atoms with Crippen LogP contribution in [0, 0.1) is 22.7 Å². The van der Waals surface area contributed by atoms with Gasteiger partial charge in [-0.2, -0.15) is 10.5 Å². The van der Waals surface area contributed by atoms with E-state index in [2.05, 4.69) is 159 Å². The lowest BCUT2D eigenvalue weighted by Crippen LogP contribution is -2.00. The van der Waals surface area contributed by atoms with E-state index in [1.54, 1.807) is 0 Å². The third-order valence-electron chi connectivity index (χ3n) is 11.1. The van der Waals surface area contributed by atoms with Crippen molar-refractivity contribution in [3.05, 3.63) is 187 Å². The molecule has 8 aromatic carbocycles. The molecule has 55 heavy (non-hydrogen) atoms. The highest BCUT2D eigenvalue weighted by Crippen LogP contribution is 2.41. The molecule has 0 aliphatic rings. The first kappa shape index (κ1) is 30.7. The summed E-state index contributed by atoms with van der Waals surface area (Å²) >= 11 is 0. The zero-order chi connectivity index (χ0) is 36.6. The molecule has 5 heteroatoms. The molecule has 0 N–H and O–H groups in total. The Kier molecular flexibility index (Phi) is 6.61. The zero-order valence-electron chi connectivity index (χ0n) is 29.5. The smallest absolute Gasteiger partial charge is 0.0998 e. The van der Waals surface area contributed by atoms with Crippen LogP contribution < -0.4 is 0 Å². The van der Waals surface area contributed by atoms with Crippen LogP contribution in [0.2, 0.25) is 0 Å². The van der Waals surface area contributed by atoms with Crippen LogP contribution in [-0.4, -0.2) is 13.7 Å². The van der Waals surface area contributed by atoms with Gasteiger partial charge in [0.2, 0.25) is 0 Å². The van der Waals surface area contributed by atoms with Gasteiger partial charge in [0.15, 0.2) is 0 Å². The number of rotatable bonds is 4. The number of para-hydroxylation sites is 5. The van der Waals surface area contributed by atoms with Crippen LogP contribution in [-0.2, 0) is 0 Å². The van der Waals surface area contributed by atoms with Crippen LogP contribution in [0.5, 0.6) is 0 Å². The molecule has 0 radical (unpaired) electrons. The monoisotopic (exact) mass is 699 g/mol. The third kappa shape index (κ3) is 4.39. The van der Waals surface area contributed by atoms with Gasteiger partial charge in [0, 0.05) is 54.8 Å². The van der Waals surface area contributed by atoms with Gasteiger partial charge in [-0.3, -0.25) is 0 Å². The van der Waals surface area contributed by atoms with E-state index in [1.807, 2.05) is 42.5 Å². The van der Waals surface area contributed by atoms with E-state index in [4.69, 9.17) is 0 Å². The standard InChI is InChI=1S/C50H29N5/c51-30-32-24-25-34(28-42(32)39-16-4-9-21-46(39)55-47-22-10-5-17-41(47)50-33(31-52)12-11-23-48(50)55)54-45-20-8-3-15-38(45)40-27-26-35(29-49(40)54)53-43-18-6-1-13-36(43)37-14-2-7-19-44(37)53/h1-29H. The number of hydrogen-bond donors (Lipinski definition) is 0. The second kappa shape index (κ2) is 11.8. The molecule has 0 saturated carbocycles. The van der Waals surface area contributed by atoms with E-state index in [0.717, 1.165) is 82.8 Å². The number of nitriles is 2. The highest BCUT2D eigenvalue weighted by molar-refractivity contribution is 6.13. The summed E-state index contributed by atoms with van der Waals surface area (Å²) in [6.45, 7) is 0. The Hall–Kier alpha value is -7.86. The molecular weight excluding hydrogens is 671 g/mol. The van der Waals surface area contributed by atoms with Crippen molar-refractivity contribution in [2.75, 3.05) is 0 Å². The summed E-state index contributed by atoms with van der Waals surface area (Å²) in [6.07, 6.45) is 0. The van der Waals surface area contributed by atoms with Gasteiger partial charge >= 0.3 is 0 Å². The van der Waals surface area contributed by atoms with Gasteiger partial charge in [-0.05, 0) is 72.8 Å². The van der Waals surface area contributed by atoms with Crippen LogP contribution in [0.25, 0.3) is 93.6 Å². The molecule has 3 heterocycles. The summed E-state index contributed by atoms with van der Waals surface area (Å²) in [5.74, 6) is 0. The molecule has 0 fully saturated rings. The van der Waals surface area contributed by atoms with Crippen molar-refractivity contribution in [3.8, 4) is 40.3 Å². The Morgan fingerprint density at radius 2 is 0.818 bits per heavy atom. The normalized spacial score (nSPS) is 11.6. The summed E-state index contributed by atoms with van der Waals surface area (Å²) < 4.78 is 6.91. The zero-order valence-corrected chi connectivity index (χ0v) is 29.5. The Labute approximate surface area is 316 Å². The summed E-state index contributed by atoms with van der Waals surface area (Å²) in [5.41, 5.74) is 12.4. The molecule has 0 aliphatic carbocycles. The molecule has 3 aromatic heterocycles. The van der Waals surface area contributed by atoms with E-state index in [0.29, 0.717) is 11.1 Å². The number of hydrogen-bond acceptors (Lipinski definition) is 2. The molecule has 11 aromatic rings. The van der Waals surface area contributed by atoms with E-state index in [1.165, 1.54) is 10.8 Å². The molecule has 0 unspecified atom stereocenters. The average Bonchev–Trinajstić information content (AvgIpc) is 3.89. The SMILES string of the molecule is N#Cc1ccc(-n2c3ccccc3c3ccc(-n4c5ccccc5c5ccccc54)cc32)cc1-c1ccccc1-n1c2ccccc2c2c(C#N)cccc21. The highest BCUT2D eigenvalue weighted by Gasteiger charge is 2.21. The Balaban J connectivity index is 1.17. The van der Waals surface area contributed by atoms with Crippen LogP contribution in [0.1, 0.15) is 11.1 Å². The minimum Gasteiger partial charge on any atom is -0.309 e. The van der Waals surface area contributed by atoms with Crippen molar-refractivity contribution < 1.29 is 0 Å². The molecule has 0 amide bonds. The van der Waals surface area contributed by atoms with E-state index in [-0.39, 0.29) is 0 Å². The average molecular weight is 700 g/mol. The molecule has 0 saturated heterocycles. The minimum atomic E-state index is 0.585. The van der Waals surface area contributed by atoms with Crippen LogP contribution >= 0.6 is 0 Å². The van der Waals surface area contributed by atoms with Gasteiger partial charge in [-0.1, -0.05) is 103 Å². The maximum atomic E-state index is 10.6. The van der Waals surface area contributed by atoms with Gasteiger partial charge in [0.1, 0.15) is 0 Å². The van der Waals surface area contributed by atoms with Crippen molar-refractivity contribution in [1.29, 1.82) is 10.5 Å². The first-order chi connectivity index (χ1) is 27.2. The van der Waals surface area contributed by atoms with Crippen molar-refractivity contribution >= 4 is 65.4 Å². The topological polar surface area (TPSA) is 62.4 Å². The van der Waals surface area contributed by atoms with Gasteiger partial charge in [-0.25, -0.2) is 0 Å². The van der Waals surface area contributed by atoms with Crippen molar-refractivity contribution in [1.82, 2.24) is 13.7 Å². The van der Waals surface area contributed by atoms with E-state index >= 15 is 0 Å². The summed E-state index contributed by atoms with van der Waals surface area (Å²) in [5, 5.41) is 27.4. The number of fused-ring (bicyclic) bond motifs is 9. The molecule has 0 spiro atoms. The van der Waals surface area contributed by atoms with Crippen LogP contribution in [0.3, 0.4) is 0 Å². The van der Waals surface area contributed by atoms with Gasteiger partial charge in [-0.15, -0.1) is 0 Å². The maximum Gasteiger partial charge on any atom is 0.0998 e. The second-order valence-electron chi connectivity index (χ2n) is 13.9. The second-order valence-corrected chi connectivity index (χ2v) is 13.9. The largest absolute Gasteiger partial charge is 0.309 e. The molecule has 0 aliphatic heterocycles. The van der Waals surface area contributed by atoms with Gasteiger partial charge in [0.25, 0.3) is 0 Å². The maximum absolute atomic E-state index is 10.6. The summed E-state index contributed by atoms with van der Waals surface area (Å²) in [7, 11) is 0. The third-order valence-corrected chi connectivity index (χ3v) is 11.1. The first-order valence-electron chi connectivity index (χ1n) is 18.3. The molecule has 0 atom stereocenters. The first-order valence-corrected chi connectivity index (χ1v) is 18.3. The van der Waals surface area contributed by atoms with E-state index < -0.39 is 0 Å². The lowest BCUT2D eigenvalue weighted by molar-refractivity contribution is 1.15. The quantitative estimate of drug-likeness (QED) is 0.184. The number of nitrogens with zero attached hydrogens (tertiary/aromatic N) is 5. The molecule has 254 valence electrons. The van der Waals surface area contributed by atoms with Crippen molar-refractivity contribution in [3.63, 3.8) is 0 Å². The lowest BCUT2D eigenvalue weighted by Gasteiger charge is -2.17. The lowest BCUT2D eigenvalue weighted by atomic mass is 9.97. The van der Waals surface area contributed by atoms with Crippen LogP contribution in [0.4, 0.5) is 0 Å². The van der Waals surface area contributed by atoms with Crippen molar-refractivity contribution in [2.24, 2.45) is 0 Å². The Morgan fingerprint density at radius 3 is 1.47 bits per heavy atom. The fourth-order valence-electron chi connectivity index (χ4n) is 8.84. The Bertz CT molecular complexity index is 3420. The molecule has 5 nitrogen and oxygen atoms in total. The van der Waals surface area contributed by atoms with Crippen LogP contribution in [0.15, 0.2) is 176 Å². The summed E-state index contributed by atoms with van der Waals surface area (Å²) in [6, 6.07) is 65.9. The fourth-order valence-corrected chi connectivity index (χ4v) is 8.84. The fraction of sp³-hybridized carbons (Fsp3) is 0. The summed E-state index contributed by atoms with van der Waals surface area (Å²) in [4.78, 5) is 0. The predicted octanol–water partition coefficient (Wildman–Crippen LogP) is 12.4. The molecule has 11 rings (SSSR count). The molecule has 0 bridgehead atoms. The van der Waals surface area contributed by atoms with E-state index in [9.17, 15) is 10.5 Å². The Morgan fingerprint density at radius 1 is 0.327 bits per heavy atom. The minimum absolute atomic E-state index is 0.585. The number of benzene rings is 8. The number of aromatic nitrogens is 3. The van der Waals surface area contributed by atoms with Gasteiger partial charge < -0.3 is 13.7 Å². The van der Waals surface area contributed by atoms with Gasteiger partial charge in [0.05, 0.1) is 62.1 Å². The predicted molar refractivity (Wildman–Crippen MR) is 224 cm³/mol.